The molecule has 5 heteroatoms. The van der Waals surface area contributed by atoms with Crippen LogP contribution >= 0.6 is 0 Å². The van der Waals surface area contributed by atoms with E-state index in [2.05, 4.69) is 47.7 Å². The minimum absolute atomic E-state index is 0.0163. The number of hydrogen-bond donors (Lipinski definition) is 0. The molecular formula is C21H32O3SSi. The molecule has 3 nitrogen and oxygen atoms in total. The van der Waals surface area contributed by atoms with E-state index in [1.165, 1.54) is 0 Å². The Balaban J connectivity index is 2.37. The van der Waals surface area contributed by atoms with Gasteiger partial charge in [-0.15, -0.1) is 0 Å². The first-order valence-electron chi connectivity index (χ1n) is 9.24. The Hall–Kier alpha value is -1.17. The summed E-state index contributed by atoms with van der Waals surface area (Å²) >= 11 is 0. The number of hydrogen-bond acceptors (Lipinski definition) is 3. The molecule has 2 rings (SSSR count). The topological polar surface area (TPSA) is 43.4 Å². The van der Waals surface area contributed by atoms with Crippen molar-refractivity contribution in [2.75, 3.05) is 0 Å². The second kappa shape index (κ2) is 7.45. The van der Waals surface area contributed by atoms with Crippen LogP contribution in [0.2, 0.25) is 18.1 Å². The van der Waals surface area contributed by atoms with E-state index in [4.69, 9.17) is 4.43 Å². The zero-order valence-electron chi connectivity index (χ0n) is 17.0. The lowest BCUT2D eigenvalue weighted by Crippen LogP contribution is -2.46. The Kier molecular flexibility index (Phi) is 6.05. The Bertz CT molecular complexity index is 786. The number of sulfone groups is 1. The molecule has 144 valence electrons. The van der Waals surface area contributed by atoms with E-state index in [1.807, 2.05) is 18.2 Å². The van der Waals surface area contributed by atoms with Crippen LogP contribution in [-0.2, 0) is 14.3 Å². The molecule has 26 heavy (non-hydrogen) atoms. The average Bonchev–Trinajstić information content (AvgIpc) is 2.68. The van der Waals surface area contributed by atoms with E-state index >= 15 is 0 Å². The molecule has 0 fully saturated rings. The molecule has 0 spiro atoms. The third kappa shape index (κ3) is 4.38. The van der Waals surface area contributed by atoms with E-state index in [9.17, 15) is 8.42 Å². The van der Waals surface area contributed by atoms with Gasteiger partial charge in [0.1, 0.15) is 0 Å². The lowest BCUT2D eigenvalue weighted by atomic mass is 9.95. The maximum atomic E-state index is 13.0. The SMILES string of the molecule is CC1C=CC(S(=O)(=O)c2ccccc2)=CC(C)C1O[Si](C)(C)C(C)(C)C. The van der Waals surface area contributed by atoms with Gasteiger partial charge in [0.2, 0.25) is 9.84 Å². The molecule has 0 saturated carbocycles. The van der Waals surface area contributed by atoms with Gasteiger partial charge in [-0.05, 0) is 42.3 Å². The molecule has 0 saturated heterocycles. The van der Waals surface area contributed by atoms with Crippen LogP contribution in [-0.4, -0.2) is 22.8 Å². The normalized spacial score (nSPS) is 24.9. The van der Waals surface area contributed by atoms with Crippen LogP contribution in [0, 0.1) is 11.8 Å². The second-order valence-electron chi connectivity index (χ2n) is 8.81. The maximum Gasteiger partial charge on any atom is 0.206 e. The fourth-order valence-corrected chi connectivity index (χ4v) is 5.79. The molecular weight excluding hydrogens is 360 g/mol. The van der Waals surface area contributed by atoms with Gasteiger partial charge in [-0.3, -0.25) is 0 Å². The Morgan fingerprint density at radius 2 is 1.58 bits per heavy atom. The summed E-state index contributed by atoms with van der Waals surface area (Å²) in [6, 6.07) is 8.62. The molecule has 1 aliphatic rings. The highest BCUT2D eigenvalue weighted by Gasteiger charge is 2.41. The van der Waals surface area contributed by atoms with Gasteiger partial charge >= 0.3 is 0 Å². The third-order valence-corrected chi connectivity index (χ3v) is 11.9. The summed E-state index contributed by atoms with van der Waals surface area (Å²) in [6.07, 6.45) is 5.57. The van der Waals surface area contributed by atoms with Crippen LogP contribution in [0.3, 0.4) is 0 Å². The van der Waals surface area contributed by atoms with E-state index in [0.717, 1.165) is 0 Å². The van der Waals surface area contributed by atoms with Gasteiger partial charge in [0.05, 0.1) is 15.9 Å². The Morgan fingerprint density at radius 1 is 1.00 bits per heavy atom. The van der Waals surface area contributed by atoms with Crippen molar-refractivity contribution in [3.63, 3.8) is 0 Å². The minimum Gasteiger partial charge on any atom is -0.413 e. The van der Waals surface area contributed by atoms with Gasteiger partial charge in [-0.2, -0.15) is 0 Å². The summed E-state index contributed by atoms with van der Waals surface area (Å²) in [5.74, 6) is 0.168. The van der Waals surface area contributed by atoms with Crippen molar-refractivity contribution in [2.24, 2.45) is 11.8 Å². The first-order valence-corrected chi connectivity index (χ1v) is 13.6. The summed E-state index contributed by atoms with van der Waals surface area (Å²) in [7, 11) is -5.45. The molecule has 0 radical (unpaired) electrons. The van der Waals surface area contributed by atoms with Gasteiger partial charge in [0.25, 0.3) is 0 Å². The first-order chi connectivity index (χ1) is 11.9. The molecule has 0 amide bonds. The monoisotopic (exact) mass is 392 g/mol. The molecule has 1 aromatic rings. The smallest absolute Gasteiger partial charge is 0.206 e. The lowest BCUT2D eigenvalue weighted by Gasteiger charge is -2.41. The van der Waals surface area contributed by atoms with Crippen molar-refractivity contribution in [2.45, 2.75) is 63.8 Å². The molecule has 3 unspecified atom stereocenters. The summed E-state index contributed by atoms with van der Waals surface area (Å²) in [4.78, 5) is 0.698. The van der Waals surface area contributed by atoms with Crippen molar-refractivity contribution in [3.8, 4) is 0 Å². The van der Waals surface area contributed by atoms with Crippen LogP contribution in [0.5, 0.6) is 0 Å². The zero-order chi connectivity index (χ0) is 19.8. The van der Waals surface area contributed by atoms with E-state index in [0.29, 0.717) is 9.80 Å². The number of allylic oxidation sites excluding steroid dienone is 1. The molecule has 1 aliphatic carbocycles. The van der Waals surface area contributed by atoms with Crippen molar-refractivity contribution in [1.82, 2.24) is 0 Å². The van der Waals surface area contributed by atoms with Crippen LogP contribution in [0.1, 0.15) is 34.6 Å². The van der Waals surface area contributed by atoms with Gasteiger partial charge in [0, 0.05) is 5.92 Å². The second-order valence-corrected chi connectivity index (χ2v) is 15.5. The number of rotatable bonds is 4. The van der Waals surface area contributed by atoms with Crippen LogP contribution in [0.4, 0.5) is 0 Å². The van der Waals surface area contributed by atoms with Crippen LogP contribution < -0.4 is 0 Å². The highest BCUT2D eigenvalue weighted by Crippen LogP contribution is 2.40. The molecule has 0 N–H and O–H groups in total. The largest absolute Gasteiger partial charge is 0.413 e. The molecule has 3 atom stereocenters. The summed E-state index contributed by atoms with van der Waals surface area (Å²) in [6.45, 7) is 15.3. The van der Waals surface area contributed by atoms with Crippen molar-refractivity contribution >= 4 is 18.2 Å². The Morgan fingerprint density at radius 3 is 2.12 bits per heavy atom. The van der Waals surface area contributed by atoms with E-state index < -0.39 is 18.2 Å². The standard InChI is InChI=1S/C21H32O3SSi/c1-16-13-14-19(25(22,23)18-11-9-8-10-12-18)15-17(2)20(16)24-26(6,7)21(3,4)5/h8-17,20H,1-7H3. The van der Waals surface area contributed by atoms with Crippen LogP contribution in [0.15, 0.2) is 58.4 Å². The lowest BCUT2D eigenvalue weighted by molar-refractivity contribution is 0.112. The van der Waals surface area contributed by atoms with Gasteiger partial charge in [0.15, 0.2) is 8.32 Å². The maximum absolute atomic E-state index is 13.0. The first kappa shape index (κ1) is 21.1. The number of benzene rings is 1. The van der Waals surface area contributed by atoms with E-state index in [1.54, 1.807) is 30.3 Å². The predicted octanol–water partition coefficient (Wildman–Crippen LogP) is 5.58. The van der Waals surface area contributed by atoms with Crippen molar-refractivity contribution in [3.05, 3.63) is 53.5 Å². The molecule has 0 heterocycles. The zero-order valence-corrected chi connectivity index (χ0v) is 18.8. The van der Waals surface area contributed by atoms with Crippen LogP contribution in [0.25, 0.3) is 0 Å². The molecule has 1 aromatic carbocycles. The van der Waals surface area contributed by atoms with Gasteiger partial charge < -0.3 is 4.43 Å². The Labute approximate surface area is 160 Å². The summed E-state index contributed by atoms with van der Waals surface area (Å²) < 4.78 is 32.6. The van der Waals surface area contributed by atoms with E-state index in [-0.39, 0.29) is 23.0 Å². The van der Waals surface area contributed by atoms with Crippen molar-refractivity contribution in [1.29, 1.82) is 0 Å². The fourth-order valence-electron chi connectivity index (χ4n) is 2.89. The summed E-state index contributed by atoms with van der Waals surface area (Å²) in [5.41, 5.74) is 0. The third-order valence-electron chi connectivity index (χ3n) is 5.63. The molecule has 0 bridgehead atoms. The average molecular weight is 393 g/mol. The summed E-state index contributed by atoms with van der Waals surface area (Å²) in [5, 5.41) is 0.116. The van der Waals surface area contributed by atoms with Crippen molar-refractivity contribution < 1.29 is 12.8 Å². The van der Waals surface area contributed by atoms with Gasteiger partial charge in [-0.25, -0.2) is 8.42 Å². The quantitative estimate of drug-likeness (QED) is 0.629. The predicted molar refractivity (Wildman–Crippen MR) is 111 cm³/mol. The highest BCUT2D eigenvalue weighted by atomic mass is 32.2. The van der Waals surface area contributed by atoms with Gasteiger partial charge in [-0.1, -0.05) is 65.0 Å². The molecule has 0 aromatic heterocycles. The highest BCUT2D eigenvalue weighted by molar-refractivity contribution is 7.95. The fraction of sp³-hybridized carbons (Fsp3) is 0.524. The molecule has 0 aliphatic heterocycles. The minimum atomic E-state index is -3.51.